The number of aliphatic hydroxyl groups excluding tert-OH is 1. The minimum atomic E-state index is -4.79. The Balaban J connectivity index is 2.89. The quantitative estimate of drug-likeness (QED) is 0.808. The van der Waals surface area contributed by atoms with Crippen LogP contribution in [-0.4, -0.2) is 30.5 Å². The lowest BCUT2D eigenvalue weighted by molar-refractivity contribution is -0.210. The molecule has 0 radical (unpaired) electrons. The van der Waals surface area contributed by atoms with Crippen molar-refractivity contribution in [1.82, 2.24) is 0 Å². The highest BCUT2D eigenvalue weighted by Gasteiger charge is 2.42. The van der Waals surface area contributed by atoms with Crippen molar-refractivity contribution in [3.8, 4) is 0 Å². The fourth-order valence-electron chi connectivity index (χ4n) is 1.35. The van der Waals surface area contributed by atoms with E-state index < -0.39 is 24.3 Å². The molecule has 2 atom stereocenters. The Morgan fingerprint density at radius 3 is 2.22 bits per heavy atom. The maximum Gasteiger partial charge on any atom is 0.416 e. The molecule has 0 aliphatic heterocycles. The third-order valence-corrected chi connectivity index (χ3v) is 2.39. The molecule has 0 bridgehead atoms. The van der Waals surface area contributed by atoms with Gasteiger partial charge in [-0.05, 0) is 17.7 Å². The van der Waals surface area contributed by atoms with E-state index in [0.29, 0.717) is 0 Å². The van der Waals surface area contributed by atoms with Crippen LogP contribution in [0.25, 0.3) is 0 Å². The summed E-state index contributed by atoms with van der Waals surface area (Å²) in [5, 5.41) is 8.99. The molecule has 1 aromatic rings. The van der Waals surface area contributed by atoms with Gasteiger partial charge >= 0.3 is 12.1 Å². The topological polar surface area (TPSA) is 72.5 Å². The van der Waals surface area contributed by atoms with Crippen molar-refractivity contribution in [2.45, 2.75) is 18.3 Å². The zero-order chi connectivity index (χ0) is 13.9. The highest BCUT2D eigenvalue weighted by atomic mass is 19.4. The Morgan fingerprint density at radius 2 is 1.83 bits per heavy atom. The first-order valence-corrected chi connectivity index (χ1v) is 4.96. The van der Waals surface area contributed by atoms with Crippen molar-refractivity contribution in [3.05, 3.63) is 35.4 Å². The van der Waals surface area contributed by atoms with E-state index in [9.17, 15) is 18.0 Å². The molecule has 0 aliphatic rings. The molecular formula is C11H12F3NO3. The van der Waals surface area contributed by atoms with Gasteiger partial charge in [0.1, 0.15) is 0 Å². The molecular weight excluding hydrogens is 251 g/mol. The monoisotopic (exact) mass is 263 g/mol. The van der Waals surface area contributed by atoms with Crippen LogP contribution in [0.4, 0.5) is 13.2 Å². The van der Waals surface area contributed by atoms with Gasteiger partial charge in [0, 0.05) is 0 Å². The average molecular weight is 263 g/mol. The van der Waals surface area contributed by atoms with E-state index in [1.165, 1.54) is 31.4 Å². The second-order valence-electron chi connectivity index (χ2n) is 3.63. The summed E-state index contributed by atoms with van der Waals surface area (Å²) in [6, 6.07) is 3.45. The maximum absolute atomic E-state index is 12.2. The van der Waals surface area contributed by atoms with Crippen LogP contribution < -0.4 is 5.73 Å². The van der Waals surface area contributed by atoms with Gasteiger partial charge in [-0.3, -0.25) is 0 Å². The third kappa shape index (κ3) is 3.21. The van der Waals surface area contributed by atoms with Crippen LogP contribution in [-0.2, 0) is 4.74 Å². The van der Waals surface area contributed by atoms with Crippen LogP contribution in [0.2, 0.25) is 0 Å². The van der Waals surface area contributed by atoms with Crippen LogP contribution in [0, 0.1) is 0 Å². The van der Waals surface area contributed by atoms with Gasteiger partial charge in [-0.2, -0.15) is 13.2 Å². The summed E-state index contributed by atoms with van der Waals surface area (Å²) in [5.74, 6) is -0.605. The number of hydrogen-bond acceptors (Lipinski definition) is 4. The van der Waals surface area contributed by atoms with E-state index in [1.807, 2.05) is 0 Å². The van der Waals surface area contributed by atoms with Crippen molar-refractivity contribution in [3.63, 3.8) is 0 Å². The van der Waals surface area contributed by atoms with Crippen LogP contribution in [0.15, 0.2) is 24.3 Å². The molecule has 0 spiro atoms. The number of halogens is 3. The van der Waals surface area contributed by atoms with Gasteiger partial charge in [-0.1, -0.05) is 12.1 Å². The second kappa shape index (κ2) is 5.36. The molecule has 0 unspecified atom stereocenters. The van der Waals surface area contributed by atoms with Crippen molar-refractivity contribution in [1.29, 1.82) is 0 Å². The highest BCUT2D eigenvalue weighted by molar-refractivity contribution is 5.89. The molecule has 0 aliphatic carbocycles. The number of esters is 1. The number of rotatable bonds is 3. The molecule has 0 fully saturated rings. The fourth-order valence-corrected chi connectivity index (χ4v) is 1.35. The zero-order valence-electron chi connectivity index (χ0n) is 9.44. The van der Waals surface area contributed by atoms with Crippen LogP contribution in [0.5, 0.6) is 0 Å². The number of benzene rings is 1. The van der Waals surface area contributed by atoms with Crippen molar-refractivity contribution < 1.29 is 27.8 Å². The van der Waals surface area contributed by atoms with E-state index in [1.54, 1.807) is 0 Å². The van der Waals surface area contributed by atoms with Gasteiger partial charge in [0.05, 0.1) is 18.7 Å². The van der Waals surface area contributed by atoms with E-state index in [-0.39, 0.29) is 11.1 Å². The highest BCUT2D eigenvalue weighted by Crippen LogP contribution is 2.28. The normalized spacial score (nSPS) is 15.0. The third-order valence-electron chi connectivity index (χ3n) is 2.39. The molecule has 1 aromatic carbocycles. The molecule has 3 N–H and O–H groups in total. The Bertz CT molecular complexity index is 417. The summed E-state index contributed by atoms with van der Waals surface area (Å²) in [6.07, 6.45) is -7.44. The van der Waals surface area contributed by atoms with Gasteiger partial charge in [-0.15, -0.1) is 0 Å². The van der Waals surface area contributed by atoms with Gasteiger partial charge in [0.2, 0.25) is 0 Å². The summed E-state index contributed by atoms with van der Waals surface area (Å²) in [5.41, 5.74) is 5.56. The number of hydrogen-bond donors (Lipinski definition) is 2. The largest absolute Gasteiger partial charge is 0.465 e. The number of alkyl halides is 3. The minimum absolute atomic E-state index is 0.0764. The molecule has 0 amide bonds. The zero-order valence-corrected chi connectivity index (χ0v) is 9.44. The Kier molecular flexibility index (Phi) is 4.31. The number of aliphatic hydroxyl groups is 1. The van der Waals surface area contributed by atoms with E-state index in [2.05, 4.69) is 4.74 Å². The predicted molar refractivity (Wildman–Crippen MR) is 56.8 cm³/mol. The molecule has 0 saturated heterocycles. The Morgan fingerprint density at radius 1 is 1.33 bits per heavy atom. The molecule has 0 heterocycles. The lowest BCUT2D eigenvalue weighted by Crippen LogP contribution is -2.38. The van der Waals surface area contributed by atoms with Gasteiger partial charge in [0.25, 0.3) is 0 Å². The van der Waals surface area contributed by atoms with Crippen molar-refractivity contribution in [2.24, 2.45) is 5.73 Å². The Hall–Kier alpha value is -1.60. The number of ether oxygens (including phenoxy) is 1. The number of carbonyl (C=O) groups is 1. The summed E-state index contributed by atoms with van der Waals surface area (Å²) in [6.45, 7) is 0. The number of methoxy groups -OCH3 is 1. The van der Waals surface area contributed by atoms with Gasteiger partial charge in [-0.25, -0.2) is 4.79 Å². The molecule has 0 aromatic heterocycles. The van der Waals surface area contributed by atoms with Crippen LogP contribution in [0.3, 0.4) is 0 Å². The van der Waals surface area contributed by atoms with Crippen molar-refractivity contribution >= 4 is 5.97 Å². The lowest BCUT2D eigenvalue weighted by Gasteiger charge is -2.21. The maximum atomic E-state index is 12.2. The number of carbonyl (C=O) groups excluding carboxylic acids is 1. The first-order valence-electron chi connectivity index (χ1n) is 4.96. The smallest absolute Gasteiger partial charge is 0.416 e. The number of nitrogens with two attached hydrogens (primary N) is 1. The molecule has 4 nitrogen and oxygen atoms in total. The summed E-state index contributed by atoms with van der Waals surface area (Å²) < 4.78 is 41.2. The molecule has 100 valence electrons. The van der Waals surface area contributed by atoms with E-state index in [4.69, 9.17) is 10.8 Å². The summed E-state index contributed by atoms with van der Waals surface area (Å²) in [4.78, 5) is 11.1. The Labute approximate surface area is 101 Å². The lowest BCUT2D eigenvalue weighted by atomic mass is 10.0. The molecule has 1 rings (SSSR count). The second-order valence-corrected chi connectivity index (χ2v) is 3.63. The minimum Gasteiger partial charge on any atom is -0.465 e. The molecule has 7 heteroatoms. The fraction of sp³-hybridized carbons (Fsp3) is 0.364. The van der Waals surface area contributed by atoms with Crippen LogP contribution >= 0.6 is 0 Å². The standard InChI is InChI=1S/C11H12F3NO3/c1-18-10(17)7-4-2-6(3-5-7)8(15)9(16)11(12,13)14/h2-5,8-9,16H,15H2,1H3/t8-,9-/m1/s1. The first-order chi connectivity index (χ1) is 8.27. The molecule has 0 saturated carbocycles. The average Bonchev–Trinajstić information content (AvgIpc) is 2.35. The predicted octanol–water partition coefficient (Wildman–Crippen LogP) is 1.40. The van der Waals surface area contributed by atoms with Gasteiger partial charge in [0.15, 0.2) is 6.10 Å². The summed E-state index contributed by atoms with van der Waals surface area (Å²) >= 11 is 0. The van der Waals surface area contributed by atoms with E-state index in [0.717, 1.165) is 0 Å². The van der Waals surface area contributed by atoms with Crippen LogP contribution in [0.1, 0.15) is 22.0 Å². The molecule has 18 heavy (non-hydrogen) atoms. The van der Waals surface area contributed by atoms with Gasteiger partial charge < -0.3 is 15.6 Å². The van der Waals surface area contributed by atoms with E-state index >= 15 is 0 Å². The first kappa shape index (κ1) is 14.5. The van der Waals surface area contributed by atoms with Crippen molar-refractivity contribution in [2.75, 3.05) is 7.11 Å². The SMILES string of the molecule is COC(=O)c1ccc([C@@H](N)[C@@H](O)C(F)(F)F)cc1. The summed E-state index contributed by atoms with van der Waals surface area (Å²) in [7, 11) is 1.19.